The van der Waals surface area contributed by atoms with Gasteiger partial charge in [0.15, 0.2) is 4.96 Å². The third kappa shape index (κ3) is 2.74. The topological polar surface area (TPSA) is 29.3 Å². The quantitative estimate of drug-likeness (QED) is 0.870. The summed E-state index contributed by atoms with van der Waals surface area (Å²) in [6.45, 7) is 4.12. The summed E-state index contributed by atoms with van der Waals surface area (Å²) in [4.78, 5) is 5.58. The molecule has 0 amide bonds. The first-order valence-electron chi connectivity index (χ1n) is 4.94. The fourth-order valence-electron chi connectivity index (χ4n) is 1.35. The van der Waals surface area contributed by atoms with Crippen LogP contribution in [-0.4, -0.2) is 27.4 Å². The molecule has 0 aliphatic rings. The standard InChI is InChI=1S/C10H15N3S2/c1-8(14-2)5-11-6-9-7-13-3-4-15-10(13)12-9/h3-4,7-8,11H,5-6H2,1-2H3. The van der Waals surface area contributed by atoms with E-state index in [-0.39, 0.29) is 0 Å². The van der Waals surface area contributed by atoms with Crippen molar-refractivity contribution in [2.75, 3.05) is 12.8 Å². The molecule has 2 rings (SSSR count). The highest BCUT2D eigenvalue weighted by Gasteiger charge is 2.03. The molecule has 0 spiro atoms. The van der Waals surface area contributed by atoms with E-state index >= 15 is 0 Å². The van der Waals surface area contributed by atoms with Crippen molar-refractivity contribution in [1.82, 2.24) is 14.7 Å². The summed E-state index contributed by atoms with van der Waals surface area (Å²) in [6.07, 6.45) is 6.27. The third-order valence-corrected chi connectivity index (χ3v) is 4.03. The number of thioether (sulfide) groups is 1. The van der Waals surface area contributed by atoms with Crippen molar-refractivity contribution >= 4 is 28.1 Å². The zero-order valence-electron chi connectivity index (χ0n) is 8.93. The van der Waals surface area contributed by atoms with Gasteiger partial charge in [-0.1, -0.05) is 6.92 Å². The van der Waals surface area contributed by atoms with Gasteiger partial charge in [0.2, 0.25) is 0 Å². The SMILES string of the molecule is CSC(C)CNCc1cn2ccsc2n1. The summed E-state index contributed by atoms with van der Waals surface area (Å²) >= 11 is 3.55. The van der Waals surface area contributed by atoms with Crippen LogP contribution in [0.2, 0.25) is 0 Å². The van der Waals surface area contributed by atoms with Crippen LogP contribution in [0.25, 0.3) is 4.96 Å². The van der Waals surface area contributed by atoms with E-state index in [1.54, 1.807) is 11.3 Å². The molecule has 3 nitrogen and oxygen atoms in total. The molecule has 2 aromatic heterocycles. The maximum atomic E-state index is 4.51. The van der Waals surface area contributed by atoms with Gasteiger partial charge in [-0.2, -0.15) is 11.8 Å². The van der Waals surface area contributed by atoms with Crippen LogP contribution in [-0.2, 0) is 6.54 Å². The Hall–Kier alpha value is -0.520. The Labute approximate surface area is 97.9 Å². The second-order valence-corrected chi connectivity index (χ2v) is 5.65. The van der Waals surface area contributed by atoms with Gasteiger partial charge in [-0.05, 0) is 6.26 Å². The monoisotopic (exact) mass is 241 g/mol. The van der Waals surface area contributed by atoms with Crippen molar-refractivity contribution in [2.45, 2.75) is 18.7 Å². The first-order chi connectivity index (χ1) is 7.29. The number of aromatic nitrogens is 2. The summed E-state index contributed by atoms with van der Waals surface area (Å²) in [6, 6.07) is 0. The van der Waals surface area contributed by atoms with Gasteiger partial charge >= 0.3 is 0 Å². The van der Waals surface area contributed by atoms with E-state index in [0.717, 1.165) is 23.7 Å². The molecule has 15 heavy (non-hydrogen) atoms. The predicted octanol–water partition coefficient (Wildman–Crippen LogP) is 2.24. The van der Waals surface area contributed by atoms with Crippen LogP contribution in [0.15, 0.2) is 17.8 Å². The molecule has 5 heteroatoms. The summed E-state index contributed by atoms with van der Waals surface area (Å²) in [5.41, 5.74) is 1.12. The van der Waals surface area contributed by atoms with E-state index < -0.39 is 0 Å². The third-order valence-electron chi connectivity index (χ3n) is 2.28. The van der Waals surface area contributed by atoms with E-state index in [0.29, 0.717) is 5.25 Å². The number of nitrogens with one attached hydrogen (secondary N) is 1. The van der Waals surface area contributed by atoms with E-state index in [1.807, 2.05) is 18.0 Å². The average molecular weight is 241 g/mol. The van der Waals surface area contributed by atoms with Crippen molar-refractivity contribution in [3.63, 3.8) is 0 Å². The van der Waals surface area contributed by atoms with Crippen LogP contribution in [0.5, 0.6) is 0 Å². The number of imidazole rings is 1. The van der Waals surface area contributed by atoms with Crippen molar-refractivity contribution in [3.05, 3.63) is 23.5 Å². The van der Waals surface area contributed by atoms with Crippen LogP contribution in [0, 0.1) is 0 Å². The van der Waals surface area contributed by atoms with Gasteiger partial charge in [-0.15, -0.1) is 11.3 Å². The molecule has 1 atom stereocenters. The Morgan fingerprint density at radius 1 is 1.67 bits per heavy atom. The first-order valence-corrected chi connectivity index (χ1v) is 7.11. The molecule has 0 saturated carbocycles. The second kappa shape index (κ2) is 5.01. The van der Waals surface area contributed by atoms with Crippen molar-refractivity contribution < 1.29 is 0 Å². The Balaban J connectivity index is 1.87. The van der Waals surface area contributed by atoms with Gasteiger partial charge in [0.05, 0.1) is 5.69 Å². The minimum Gasteiger partial charge on any atom is -0.310 e. The van der Waals surface area contributed by atoms with Gasteiger partial charge in [0.1, 0.15) is 0 Å². The summed E-state index contributed by atoms with van der Waals surface area (Å²) in [5, 5.41) is 6.12. The molecular weight excluding hydrogens is 226 g/mol. The van der Waals surface area contributed by atoms with E-state index in [4.69, 9.17) is 0 Å². The minimum atomic E-state index is 0.661. The number of hydrogen-bond acceptors (Lipinski definition) is 4. The highest BCUT2D eigenvalue weighted by molar-refractivity contribution is 7.99. The Morgan fingerprint density at radius 3 is 3.27 bits per heavy atom. The van der Waals surface area contributed by atoms with Crippen LogP contribution in [0.1, 0.15) is 12.6 Å². The maximum Gasteiger partial charge on any atom is 0.193 e. The molecule has 2 heterocycles. The number of thiazole rings is 1. The van der Waals surface area contributed by atoms with E-state index in [1.165, 1.54) is 0 Å². The Bertz CT molecular complexity index is 392. The van der Waals surface area contributed by atoms with Crippen LogP contribution in [0.3, 0.4) is 0 Å². The van der Waals surface area contributed by atoms with Gasteiger partial charge in [0.25, 0.3) is 0 Å². The number of hydrogen-bond donors (Lipinski definition) is 1. The molecule has 0 fully saturated rings. The van der Waals surface area contributed by atoms with Gasteiger partial charge in [-0.3, -0.25) is 4.40 Å². The molecule has 0 radical (unpaired) electrons. The lowest BCUT2D eigenvalue weighted by Gasteiger charge is -2.07. The molecule has 1 unspecified atom stereocenters. The Morgan fingerprint density at radius 2 is 2.53 bits per heavy atom. The van der Waals surface area contributed by atoms with Gasteiger partial charge < -0.3 is 5.32 Å². The van der Waals surface area contributed by atoms with Crippen LogP contribution in [0.4, 0.5) is 0 Å². The second-order valence-electron chi connectivity index (χ2n) is 3.50. The van der Waals surface area contributed by atoms with E-state index in [9.17, 15) is 0 Å². The van der Waals surface area contributed by atoms with E-state index in [2.05, 4.69) is 39.5 Å². The molecule has 0 aliphatic heterocycles. The predicted molar refractivity (Wildman–Crippen MR) is 67.8 cm³/mol. The van der Waals surface area contributed by atoms with Crippen LogP contribution >= 0.6 is 23.1 Å². The van der Waals surface area contributed by atoms with Gasteiger partial charge in [0, 0.05) is 36.1 Å². The van der Waals surface area contributed by atoms with Crippen molar-refractivity contribution in [1.29, 1.82) is 0 Å². The zero-order valence-corrected chi connectivity index (χ0v) is 10.6. The van der Waals surface area contributed by atoms with Gasteiger partial charge in [-0.25, -0.2) is 4.98 Å². The lowest BCUT2D eigenvalue weighted by Crippen LogP contribution is -2.22. The zero-order chi connectivity index (χ0) is 10.7. The smallest absolute Gasteiger partial charge is 0.193 e. The highest BCUT2D eigenvalue weighted by Crippen LogP contribution is 2.11. The number of rotatable bonds is 5. The normalized spacial score (nSPS) is 13.5. The molecule has 0 aromatic carbocycles. The maximum absolute atomic E-state index is 4.51. The fourth-order valence-corrected chi connectivity index (χ4v) is 2.35. The van der Waals surface area contributed by atoms with Crippen LogP contribution < -0.4 is 5.32 Å². The number of fused-ring (bicyclic) bond motifs is 1. The Kier molecular flexibility index (Phi) is 3.66. The molecule has 82 valence electrons. The fraction of sp³-hybridized carbons (Fsp3) is 0.500. The highest BCUT2D eigenvalue weighted by atomic mass is 32.2. The largest absolute Gasteiger partial charge is 0.310 e. The molecule has 0 aliphatic carbocycles. The summed E-state index contributed by atoms with van der Waals surface area (Å²) in [5.74, 6) is 0. The molecule has 0 bridgehead atoms. The molecule has 0 saturated heterocycles. The first kappa shape index (κ1) is 11.0. The van der Waals surface area contributed by atoms with Crippen molar-refractivity contribution in [2.24, 2.45) is 0 Å². The lowest BCUT2D eigenvalue weighted by molar-refractivity contribution is 0.675. The molecule has 2 aromatic rings. The average Bonchev–Trinajstić information content (AvgIpc) is 2.77. The lowest BCUT2D eigenvalue weighted by atomic mass is 10.4. The molecule has 1 N–H and O–H groups in total. The molecular formula is C10H15N3S2. The summed E-state index contributed by atoms with van der Waals surface area (Å²) in [7, 11) is 0. The number of nitrogens with zero attached hydrogens (tertiary/aromatic N) is 2. The minimum absolute atomic E-state index is 0.661. The van der Waals surface area contributed by atoms with Crippen molar-refractivity contribution in [3.8, 4) is 0 Å². The summed E-state index contributed by atoms with van der Waals surface area (Å²) < 4.78 is 2.07.